The number of rotatable bonds is 1. The molecule has 4 saturated carbocycles. The number of hydrogen-bond acceptors (Lipinski definition) is 5. The Hall–Kier alpha value is -1.96. The third kappa shape index (κ3) is 3.17. The Balaban J connectivity index is 1.65. The van der Waals surface area contributed by atoms with Crippen molar-refractivity contribution in [2.24, 2.45) is 56.2 Å². The molecule has 4 fully saturated rings. The number of hydrogen-bond donors (Lipinski definition) is 0. The molecule has 0 amide bonds. The molecule has 37 heavy (non-hydrogen) atoms. The second-order valence-corrected chi connectivity index (χ2v) is 15.3. The van der Waals surface area contributed by atoms with E-state index >= 15 is 0 Å². The van der Waals surface area contributed by atoms with Crippen LogP contribution in [-0.4, -0.2) is 24.6 Å². The molecule has 0 bridgehead atoms. The highest BCUT2D eigenvalue weighted by molar-refractivity contribution is 6.04. The van der Waals surface area contributed by atoms with Gasteiger partial charge in [0.15, 0.2) is 5.78 Å². The molecule has 0 spiro atoms. The fourth-order valence-electron chi connectivity index (χ4n) is 10.9. The quantitative estimate of drug-likeness (QED) is 0.380. The fourth-order valence-corrected chi connectivity index (χ4v) is 10.9. The highest BCUT2D eigenvalue weighted by Crippen LogP contribution is 2.75. The first-order valence-corrected chi connectivity index (χ1v) is 14.3. The zero-order valence-corrected chi connectivity index (χ0v) is 24.1. The van der Waals surface area contributed by atoms with E-state index in [0.29, 0.717) is 6.42 Å². The number of ketones is 2. The Kier molecular flexibility index (Phi) is 5.61. The smallest absolute Gasteiger partial charge is 0.312 e. The Morgan fingerprint density at radius 1 is 0.946 bits per heavy atom. The van der Waals surface area contributed by atoms with E-state index in [9.17, 15) is 19.6 Å². The Morgan fingerprint density at radius 3 is 2.22 bits per heavy atom. The van der Waals surface area contributed by atoms with E-state index in [4.69, 9.17) is 4.74 Å². The molecule has 0 aliphatic heterocycles. The number of allylic oxidation sites excluding steroid dienone is 2. The fraction of sp³-hybridized carbons (Fsp3) is 0.812. The standard InChI is InChI=1S/C32H45NO4/c1-27(2)11-13-32(26(36)37-8)14-12-31(7)24(20(32)17-27)21(34)15-23-29(5)16-19(18-33)25(35)28(3,4)22(29)9-10-30(23,31)6/h16,20,22-24H,9-15,17H2,1-8H3/t20-,22+,23-,24?,29+,30-,31-,32+/m1/s1. The van der Waals surface area contributed by atoms with Gasteiger partial charge in [-0.25, -0.2) is 0 Å². The molecule has 0 N–H and O–H groups in total. The second kappa shape index (κ2) is 7.80. The Morgan fingerprint density at radius 2 is 1.59 bits per heavy atom. The third-order valence-corrected chi connectivity index (χ3v) is 13.1. The summed E-state index contributed by atoms with van der Waals surface area (Å²) in [4.78, 5) is 41.0. The minimum Gasteiger partial charge on any atom is -0.469 e. The summed E-state index contributed by atoms with van der Waals surface area (Å²) in [6.07, 6.45) is 8.52. The van der Waals surface area contributed by atoms with Gasteiger partial charge < -0.3 is 4.74 Å². The second-order valence-electron chi connectivity index (χ2n) is 15.3. The van der Waals surface area contributed by atoms with Gasteiger partial charge in [0.1, 0.15) is 11.9 Å². The highest BCUT2D eigenvalue weighted by Gasteiger charge is 2.73. The van der Waals surface area contributed by atoms with Crippen LogP contribution in [0.1, 0.15) is 99.8 Å². The number of nitriles is 1. The van der Waals surface area contributed by atoms with Gasteiger partial charge in [-0.1, -0.05) is 54.5 Å². The first-order chi connectivity index (χ1) is 17.0. The molecule has 5 aliphatic carbocycles. The summed E-state index contributed by atoms with van der Waals surface area (Å²) in [5, 5.41) is 9.88. The van der Waals surface area contributed by atoms with E-state index in [1.54, 1.807) is 0 Å². The van der Waals surface area contributed by atoms with Crippen LogP contribution >= 0.6 is 0 Å². The van der Waals surface area contributed by atoms with E-state index in [1.807, 2.05) is 19.9 Å². The maximum atomic E-state index is 14.4. The van der Waals surface area contributed by atoms with Gasteiger partial charge in [0.05, 0.1) is 18.1 Å². The zero-order chi connectivity index (χ0) is 27.4. The van der Waals surface area contributed by atoms with Gasteiger partial charge in [0.2, 0.25) is 0 Å². The molecule has 0 radical (unpaired) electrons. The molecule has 5 nitrogen and oxygen atoms in total. The summed E-state index contributed by atoms with van der Waals surface area (Å²) < 4.78 is 5.42. The van der Waals surface area contributed by atoms with Crippen molar-refractivity contribution in [3.63, 3.8) is 0 Å². The average Bonchev–Trinajstić information content (AvgIpc) is 2.82. The van der Waals surface area contributed by atoms with Crippen molar-refractivity contribution in [3.8, 4) is 6.07 Å². The van der Waals surface area contributed by atoms with Crippen molar-refractivity contribution in [2.75, 3.05) is 7.11 Å². The minimum atomic E-state index is -0.628. The van der Waals surface area contributed by atoms with E-state index in [2.05, 4.69) is 40.7 Å². The molecule has 0 saturated heterocycles. The van der Waals surface area contributed by atoms with Crippen LogP contribution in [-0.2, 0) is 19.1 Å². The van der Waals surface area contributed by atoms with Crippen molar-refractivity contribution < 1.29 is 19.1 Å². The van der Waals surface area contributed by atoms with E-state index in [-0.39, 0.29) is 63.0 Å². The normalized spacial score (nSPS) is 47.8. The molecule has 0 heterocycles. The molecular weight excluding hydrogens is 462 g/mol. The molecule has 0 aromatic carbocycles. The number of fused-ring (bicyclic) bond motifs is 7. The van der Waals surface area contributed by atoms with Gasteiger partial charge in [0.25, 0.3) is 0 Å². The van der Waals surface area contributed by atoms with Crippen molar-refractivity contribution in [2.45, 2.75) is 99.8 Å². The minimum absolute atomic E-state index is 0.00663. The van der Waals surface area contributed by atoms with E-state index < -0.39 is 16.2 Å². The summed E-state index contributed by atoms with van der Waals surface area (Å²) in [6, 6.07) is 2.20. The summed E-state index contributed by atoms with van der Waals surface area (Å²) in [5.74, 6) is 0.0839. The lowest BCUT2D eigenvalue weighted by atomic mass is 9.31. The number of methoxy groups -OCH3 is 1. The van der Waals surface area contributed by atoms with Crippen molar-refractivity contribution in [3.05, 3.63) is 11.6 Å². The SMILES string of the molecule is COC(=O)[C@]12CCC(C)(C)C[C@@H]1C1C(=O)C[C@@H]3[C@@]4(C)C=C(C#N)C(=O)C(C)(C)[C@@H]4CC[C@@]3(C)[C@]1(C)CC2. The topological polar surface area (TPSA) is 84.2 Å². The van der Waals surface area contributed by atoms with Gasteiger partial charge in [-0.2, -0.15) is 5.26 Å². The lowest BCUT2D eigenvalue weighted by Crippen LogP contribution is -2.69. The molecule has 0 aromatic rings. The van der Waals surface area contributed by atoms with Crippen molar-refractivity contribution in [1.82, 2.24) is 0 Å². The third-order valence-electron chi connectivity index (χ3n) is 13.1. The molecule has 1 unspecified atom stereocenters. The molecule has 202 valence electrons. The Labute approximate surface area is 222 Å². The summed E-state index contributed by atoms with van der Waals surface area (Å²) in [5.41, 5.74) is -1.63. The monoisotopic (exact) mass is 507 g/mol. The van der Waals surface area contributed by atoms with Gasteiger partial charge >= 0.3 is 5.97 Å². The maximum absolute atomic E-state index is 14.4. The summed E-state index contributed by atoms with van der Waals surface area (Å²) in [6.45, 7) is 15.5. The van der Waals surface area contributed by atoms with Crippen LogP contribution in [0.5, 0.6) is 0 Å². The summed E-state index contributed by atoms with van der Waals surface area (Å²) >= 11 is 0. The summed E-state index contributed by atoms with van der Waals surface area (Å²) in [7, 11) is 1.50. The van der Waals surface area contributed by atoms with Gasteiger partial charge in [-0.3, -0.25) is 14.4 Å². The van der Waals surface area contributed by atoms with Gasteiger partial charge in [-0.05, 0) is 84.4 Å². The number of nitrogens with zero attached hydrogens (tertiary/aromatic N) is 1. The molecular formula is C32H45NO4. The Bertz CT molecular complexity index is 1140. The van der Waals surface area contributed by atoms with Crippen molar-refractivity contribution in [1.29, 1.82) is 5.26 Å². The molecule has 5 rings (SSSR count). The largest absolute Gasteiger partial charge is 0.469 e. The van der Waals surface area contributed by atoms with E-state index in [0.717, 1.165) is 44.9 Å². The zero-order valence-electron chi connectivity index (χ0n) is 24.1. The van der Waals surface area contributed by atoms with Crippen LogP contribution in [0.4, 0.5) is 0 Å². The number of Topliss-reactive ketones (excluding diaryl/α,β-unsaturated/α-hetero) is 2. The van der Waals surface area contributed by atoms with E-state index in [1.165, 1.54) is 7.11 Å². The number of carbonyl (C=O) groups excluding carboxylic acids is 3. The predicted octanol–water partition coefficient (Wildman–Crippen LogP) is 6.46. The average molecular weight is 508 g/mol. The van der Waals surface area contributed by atoms with Crippen LogP contribution in [0.25, 0.3) is 0 Å². The van der Waals surface area contributed by atoms with Gasteiger partial charge in [0, 0.05) is 17.8 Å². The van der Waals surface area contributed by atoms with Crippen LogP contribution in [0, 0.1) is 67.5 Å². The maximum Gasteiger partial charge on any atom is 0.312 e. The van der Waals surface area contributed by atoms with Crippen LogP contribution in [0.2, 0.25) is 0 Å². The molecule has 5 aliphatic rings. The molecule has 0 aromatic heterocycles. The van der Waals surface area contributed by atoms with Gasteiger partial charge in [-0.15, -0.1) is 0 Å². The number of carbonyl (C=O) groups is 3. The first kappa shape index (κ1) is 26.6. The number of esters is 1. The van der Waals surface area contributed by atoms with Crippen molar-refractivity contribution >= 4 is 17.5 Å². The lowest BCUT2D eigenvalue weighted by molar-refractivity contribution is -0.226. The number of ether oxygens (including phenoxy) is 1. The lowest BCUT2D eigenvalue weighted by Gasteiger charge is -2.71. The van der Waals surface area contributed by atoms with Crippen LogP contribution in [0.3, 0.4) is 0 Å². The first-order valence-electron chi connectivity index (χ1n) is 14.3. The highest BCUT2D eigenvalue weighted by atomic mass is 16.5. The van der Waals surface area contributed by atoms with Crippen LogP contribution < -0.4 is 0 Å². The predicted molar refractivity (Wildman–Crippen MR) is 141 cm³/mol. The molecule has 8 atom stereocenters. The van der Waals surface area contributed by atoms with Crippen LogP contribution in [0.15, 0.2) is 11.6 Å². The molecule has 5 heteroatoms.